The zero-order valence-electron chi connectivity index (χ0n) is 22.9. The number of nitrogens with zero attached hydrogens (tertiary/aromatic N) is 1. The minimum absolute atomic E-state index is 0.916. The SMILES string of the molecule is c1ccc(-c2ccc(N(c3ccccc3)c3cc4c5cccc(-c6ccccc6)c5oc4c4ccccc34)cc2)cc1. The Balaban J connectivity index is 1.39. The summed E-state index contributed by atoms with van der Waals surface area (Å²) in [5.41, 5.74) is 9.81. The van der Waals surface area contributed by atoms with Crippen LogP contribution in [0.15, 0.2) is 168 Å². The lowest BCUT2D eigenvalue weighted by Crippen LogP contribution is -2.10. The number of benzene rings is 7. The summed E-state index contributed by atoms with van der Waals surface area (Å²) in [7, 11) is 0. The van der Waals surface area contributed by atoms with E-state index in [1.165, 1.54) is 11.1 Å². The molecule has 0 fully saturated rings. The molecule has 8 aromatic rings. The van der Waals surface area contributed by atoms with Gasteiger partial charge in [0.1, 0.15) is 11.2 Å². The third-order valence-electron chi connectivity index (χ3n) is 8.06. The van der Waals surface area contributed by atoms with E-state index in [1.54, 1.807) is 0 Å². The molecule has 0 unspecified atom stereocenters. The molecule has 0 atom stereocenters. The van der Waals surface area contributed by atoms with Crippen LogP contribution in [0, 0.1) is 0 Å². The fourth-order valence-corrected chi connectivity index (χ4v) is 6.07. The van der Waals surface area contributed by atoms with Gasteiger partial charge in [0.15, 0.2) is 0 Å². The van der Waals surface area contributed by atoms with E-state index in [1.807, 2.05) is 6.07 Å². The number of rotatable bonds is 5. The van der Waals surface area contributed by atoms with Gasteiger partial charge in [-0.2, -0.15) is 0 Å². The van der Waals surface area contributed by atoms with Gasteiger partial charge in [-0.1, -0.05) is 133 Å². The van der Waals surface area contributed by atoms with Crippen molar-refractivity contribution < 1.29 is 4.42 Å². The second-order valence-corrected chi connectivity index (χ2v) is 10.6. The molecule has 198 valence electrons. The molecule has 1 aromatic heterocycles. The smallest absolute Gasteiger partial charge is 0.143 e. The molecule has 2 heteroatoms. The zero-order valence-corrected chi connectivity index (χ0v) is 22.9. The number of anilines is 3. The minimum Gasteiger partial charge on any atom is -0.455 e. The van der Waals surface area contributed by atoms with Crippen molar-refractivity contribution in [2.24, 2.45) is 0 Å². The fourth-order valence-electron chi connectivity index (χ4n) is 6.07. The second kappa shape index (κ2) is 10.1. The van der Waals surface area contributed by atoms with Crippen molar-refractivity contribution >= 4 is 49.8 Å². The molecule has 7 aromatic carbocycles. The number of hydrogen-bond acceptors (Lipinski definition) is 2. The first-order chi connectivity index (χ1) is 20.8. The molecule has 0 saturated carbocycles. The maximum absolute atomic E-state index is 6.74. The second-order valence-electron chi connectivity index (χ2n) is 10.6. The highest BCUT2D eigenvalue weighted by Crippen LogP contribution is 2.45. The summed E-state index contributed by atoms with van der Waals surface area (Å²) in [6, 6.07) is 57.8. The highest BCUT2D eigenvalue weighted by atomic mass is 16.3. The molecule has 2 nitrogen and oxygen atoms in total. The Morgan fingerprint density at radius 1 is 0.357 bits per heavy atom. The lowest BCUT2D eigenvalue weighted by molar-refractivity contribution is 0.674. The highest BCUT2D eigenvalue weighted by Gasteiger charge is 2.21. The molecule has 0 bridgehead atoms. The number of hydrogen-bond donors (Lipinski definition) is 0. The normalized spacial score (nSPS) is 11.3. The lowest BCUT2D eigenvalue weighted by Gasteiger charge is -2.27. The van der Waals surface area contributed by atoms with E-state index in [-0.39, 0.29) is 0 Å². The van der Waals surface area contributed by atoms with Crippen molar-refractivity contribution in [3.05, 3.63) is 164 Å². The number of furan rings is 1. The van der Waals surface area contributed by atoms with Crippen LogP contribution in [0.25, 0.3) is 55.0 Å². The van der Waals surface area contributed by atoms with Gasteiger partial charge >= 0.3 is 0 Å². The molecular weight excluding hydrogens is 510 g/mol. The average molecular weight is 538 g/mol. The summed E-state index contributed by atoms with van der Waals surface area (Å²) in [4.78, 5) is 2.36. The molecule has 8 rings (SSSR count). The molecule has 0 saturated heterocycles. The van der Waals surface area contributed by atoms with Crippen molar-refractivity contribution in [3.63, 3.8) is 0 Å². The zero-order chi connectivity index (χ0) is 27.9. The Hall–Kier alpha value is -5.60. The van der Waals surface area contributed by atoms with Crippen LogP contribution in [0.3, 0.4) is 0 Å². The molecule has 0 amide bonds. The summed E-state index contributed by atoms with van der Waals surface area (Å²) < 4.78 is 6.74. The number of fused-ring (bicyclic) bond motifs is 5. The van der Waals surface area contributed by atoms with Crippen molar-refractivity contribution in [2.75, 3.05) is 4.90 Å². The van der Waals surface area contributed by atoms with Gasteiger partial charge in [0.05, 0.1) is 5.69 Å². The molecule has 0 aliphatic carbocycles. The summed E-state index contributed by atoms with van der Waals surface area (Å²) >= 11 is 0. The molecule has 0 spiro atoms. The van der Waals surface area contributed by atoms with Crippen LogP contribution in [0.2, 0.25) is 0 Å². The van der Waals surface area contributed by atoms with Crippen LogP contribution in [-0.4, -0.2) is 0 Å². The van der Waals surface area contributed by atoms with Gasteiger partial charge in [0.25, 0.3) is 0 Å². The van der Waals surface area contributed by atoms with Gasteiger partial charge < -0.3 is 9.32 Å². The van der Waals surface area contributed by atoms with Crippen molar-refractivity contribution in [1.82, 2.24) is 0 Å². The van der Waals surface area contributed by atoms with Crippen molar-refractivity contribution in [2.45, 2.75) is 0 Å². The van der Waals surface area contributed by atoms with E-state index in [4.69, 9.17) is 4.42 Å². The summed E-state index contributed by atoms with van der Waals surface area (Å²) in [6.45, 7) is 0. The number of para-hydroxylation sites is 2. The van der Waals surface area contributed by atoms with Crippen LogP contribution in [0.5, 0.6) is 0 Å². The summed E-state index contributed by atoms with van der Waals surface area (Å²) in [5, 5.41) is 4.47. The van der Waals surface area contributed by atoms with Crippen LogP contribution in [0.1, 0.15) is 0 Å². The molecule has 0 radical (unpaired) electrons. The van der Waals surface area contributed by atoms with E-state index in [0.717, 1.165) is 60.9 Å². The predicted octanol–water partition coefficient (Wildman–Crippen LogP) is 11.5. The molecule has 0 aliphatic heterocycles. The van der Waals surface area contributed by atoms with Crippen molar-refractivity contribution in [3.8, 4) is 22.3 Å². The molecule has 0 aliphatic rings. The third-order valence-corrected chi connectivity index (χ3v) is 8.06. The minimum atomic E-state index is 0.916. The van der Waals surface area contributed by atoms with Gasteiger partial charge in [-0.05, 0) is 47.0 Å². The highest BCUT2D eigenvalue weighted by molar-refractivity contribution is 6.21. The molecule has 0 N–H and O–H groups in total. The Bertz CT molecular complexity index is 2160. The quantitative estimate of drug-likeness (QED) is 0.217. The third kappa shape index (κ3) is 4.05. The first-order valence-electron chi connectivity index (χ1n) is 14.3. The maximum atomic E-state index is 6.74. The standard InChI is InChI=1S/C40H27NO/c1-4-13-28(14-5-1)29-23-25-32(26-24-29)41(31-17-8-3-9-18-31)38-27-37-36-22-12-21-33(30-15-6-2-7-16-30)39(36)42-40(37)35-20-11-10-19-34(35)38/h1-27H. The van der Waals surface area contributed by atoms with E-state index in [9.17, 15) is 0 Å². The van der Waals surface area contributed by atoms with Gasteiger partial charge in [0.2, 0.25) is 0 Å². The fraction of sp³-hybridized carbons (Fsp3) is 0. The van der Waals surface area contributed by atoms with E-state index in [0.29, 0.717) is 0 Å². The Morgan fingerprint density at radius 3 is 1.60 bits per heavy atom. The largest absolute Gasteiger partial charge is 0.455 e. The van der Waals surface area contributed by atoms with E-state index in [2.05, 4.69) is 163 Å². The van der Waals surface area contributed by atoms with Crippen LogP contribution in [0.4, 0.5) is 17.1 Å². The monoisotopic (exact) mass is 537 g/mol. The molecular formula is C40H27NO. The maximum Gasteiger partial charge on any atom is 0.143 e. The first kappa shape index (κ1) is 24.2. The van der Waals surface area contributed by atoms with Crippen molar-refractivity contribution in [1.29, 1.82) is 0 Å². The summed E-state index contributed by atoms with van der Waals surface area (Å²) in [5.74, 6) is 0. The first-order valence-corrected chi connectivity index (χ1v) is 14.3. The molecule has 42 heavy (non-hydrogen) atoms. The van der Waals surface area contributed by atoms with Crippen LogP contribution >= 0.6 is 0 Å². The lowest BCUT2D eigenvalue weighted by atomic mass is 9.99. The predicted molar refractivity (Wildman–Crippen MR) is 177 cm³/mol. The summed E-state index contributed by atoms with van der Waals surface area (Å²) in [6.07, 6.45) is 0. The van der Waals surface area contributed by atoms with Gasteiger partial charge in [0, 0.05) is 38.5 Å². The van der Waals surface area contributed by atoms with Gasteiger partial charge in [-0.25, -0.2) is 0 Å². The van der Waals surface area contributed by atoms with Gasteiger partial charge in [-0.3, -0.25) is 0 Å². The Morgan fingerprint density at radius 2 is 0.881 bits per heavy atom. The van der Waals surface area contributed by atoms with Crippen LogP contribution < -0.4 is 4.90 Å². The average Bonchev–Trinajstić information content (AvgIpc) is 3.46. The van der Waals surface area contributed by atoms with Crippen LogP contribution in [-0.2, 0) is 0 Å². The van der Waals surface area contributed by atoms with E-state index < -0.39 is 0 Å². The topological polar surface area (TPSA) is 16.4 Å². The van der Waals surface area contributed by atoms with E-state index >= 15 is 0 Å². The Kier molecular flexibility index (Phi) is 5.82. The Labute approximate surface area is 244 Å². The van der Waals surface area contributed by atoms with Gasteiger partial charge in [-0.15, -0.1) is 0 Å². The molecule has 1 heterocycles.